The third kappa shape index (κ3) is 4.62. The van der Waals surface area contributed by atoms with Gasteiger partial charge in [0.2, 0.25) is 0 Å². The van der Waals surface area contributed by atoms with Crippen LogP contribution in [-0.4, -0.2) is 47.6 Å². The van der Waals surface area contributed by atoms with Crippen molar-refractivity contribution in [2.45, 2.75) is 4.90 Å². The third-order valence-corrected chi connectivity index (χ3v) is 3.38. The molecule has 0 aliphatic rings. The third-order valence-electron chi connectivity index (χ3n) is 2.52. The summed E-state index contributed by atoms with van der Waals surface area (Å²) in [5, 5.41) is 25.9. The number of rotatable bonds is 3. The molecule has 22 heavy (non-hydrogen) atoms. The Hall–Kier alpha value is -1.76. The quantitative estimate of drug-likeness (QED) is 0.508. The van der Waals surface area contributed by atoms with Crippen molar-refractivity contribution in [1.29, 1.82) is 5.26 Å². The molecule has 0 radical (unpaired) electrons. The molecule has 108 valence electrons. The second-order valence-corrected chi connectivity index (χ2v) is 5.40. The van der Waals surface area contributed by atoms with Crippen molar-refractivity contribution in [2.24, 2.45) is 10.2 Å². The van der Waals surface area contributed by atoms with E-state index < -0.39 is 10.1 Å². The number of benzene rings is 2. The van der Waals surface area contributed by atoms with E-state index in [0.29, 0.717) is 11.4 Å². The van der Waals surface area contributed by atoms with Crippen molar-refractivity contribution in [3.8, 4) is 11.8 Å². The van der Waals surface area contributed by atoms with Gasteiger partial charge in [-0.3, -0.25) is 4.55 Å². The summed E-state index contributed by atoms with van der Waals surface area (Å²) in [7, 11) is -4.24. The van der Waals surface area contributed by atoms with Crippen LogP contribution in [0.3, 0.4) is 0 Å². The first-order chi connectivity index (χ1) is 9.90. The van der Waals surface area contributed by atoms with Gasteiger partial charge in [-0.1, -0.05) is 0 Å². The molecule has 0 aliphatic heterocycles. The van der Waals surface area contributed by atoms with Gasteiger partial charge >= 0.3 is 29.6 Å². The summed E-state index contributed by atoms with van der Waals surface area (Å²) in [6.45, 7) is 0. The predicted molar refractivity (Wildman–Crippen MR) is 80.4 cm³/mol. The van der Waals surface area contributed by atoms with Gasteiger partial charge in [-0.2, -0.15) is 23.9 Å². The molecule has 0 atom stereocenters. The Labute approximate surface area is 149 Å². The molecule has 2 aromatic carbocycles. The van der Waals surface area contributed by atoms with Crippen molar-refractivity contribution in [2.75, 3.05) is 0 Å². The number of phenolic OH excluding ortho intramolecular Hbond substituents is 1. The van der Waals surface area contributed by atoms with Crippen molar-refractivity contribution in [1.82, 2.24) is 0 Å². The zero-order valence-electron chi connectivity index (χ0n) is 10.5. The molecule has 0 saturated carbocycles. The van der Waals surface area contributed by atoms with Gasteiger partial charge in [0.15, 0.2) is 0 Å². The number of hydrogen-bond donors (Lipinski definition) is 2. The van der Waals surface area contributed by atoms with Crippen LogP contribution in [0.5, 0.6) is 5.75 Å². The van der Waals surface area contributed by atoms with E-state index in [4.69, 9.17) is 9.81 Å². The van der Waals surface area contributed by atoms with Gasteiger partial charge in [-0.25, -0.2) is 0 Å². The standard InChI is InChI=1S/C13H9N3O4S.Na.H/c14-8-9-7-11(3-6-13(9)17)16-15-10-1-4-12(5-2-10)21(18,19)20;;/h1-7,17H,(H,18,19,20);;. The van der Waals surface area contributed by atoms with Gasteiger partial charge < -0.3 is 5.11 Å². The van der Waals surface area contributed by atoms with Crippen molar-refractivity contribution in [3.63, 3.8) is 0 Å². The second kappa shape index (κ2) is 7.49. The maximum absolute atomic E-state index is 10.9. The van der Waals surface area contributed by atoms with Crippen molar-refractivity contribution < 1.29 is 18.1 Å². The molecule has 2 N–H and O–H groups in total. The van der Waals surface area contributed by atoms with E-state index in [9.17, 15) is 13.5 Å². The van der Waals surface area contributed by atoms with E-state index in [1.807, 2.05) is 6.07 Å². The maximum atomic E-state index is 10.9. The van der Waals surface area contributed by atoms with Crippen molar-refractivity contribution >= 4 is 51.1 Å². The monoisotopic (exact) mass is 327 g/mol. The summed E-state index contributed by atoms with van der Waals surface area (Å²) >= 11 is 0. The Morgan fingerprint density at radius 2 is 1.55 bits per heavy atom. The van der Waals surface area contributed by atoms with Gasteiger partial charge in [0.05, 0.1) is 21.8 Å². The minimum absolute atomic E-state index is 0. The Bertz CT molecular complexity index is 843. The van der Waals surface area contributed by atoms with Gasteiger partial charge in [-0.05, 0) is 42.5 Å². The zero-order valence-corrected chi connectivity index (χ0v) is 11.3. The first-order valence-electron chi connectivity index (χ1n) is 5.62. The fourth-order valence-electron chi connectivity index (χ4n) is 1.48. The summed E-state index contributed by atoms with van der Waals surface area (Å²) < 4.78 is 30.6. The minimum atomic E-state index is -4.24. The van der Waals surface area contributed by atoms with Crippen LogP contribution >= 0.6 is 0 Å². The SMILES string of the molecule is N#Cc1cc(N=Nc2ccc(S(=O)(=O)O)cc2)ccc1O.[NaH]. The van der Waals surface area contributed by atoms with Crippen LogP contribution in [0.25, 0.3) is 0 Å². The van der Waals surface area contributed by atoms with E-state index in [1.54, 1.807) is 0 Å². The van der Waals surface area contributed by atoms with E-state index in [2.05, 4.69) is 10.2 Å². The number of azo groups is 1. The predicted octanol–water partition coefficient (Wildman–Crippen LogP) is 2.28. The van der Waals surface area contributed by atoms with E-state index in [1.165, 1.54) is 42.5 Å². The van der Waals surface area contributed by atoms with Gasteiger partial charge in [-0.15, -0.1) is 0 Å². The molecule has 0 amide bonds. The summed E-state index contributed by atoms with van der Waals surface area (Å²) in [4.78, 5) is -0.238. The van der Waals surface area contributed by atoms with Crippen LogP contribution < -0.4 is 0 Å². The van der Waals surface area contributed by atoms with E-state index in [0.717, 1.165) is 0 Å². The Balaban J connectivity index is 0.00000242. The summed E-state index contributed by atoms with van der Waals surface area (Å²) in [5.41, 5.74) is 0.811. The molecule has 0 fully saturated rings. The molecule has 0 bridgehead atoms. The number of phenols is 1. The summed E-state index contributed by atoms with van der Waals surface area (Å²) in [6.07, 6.45) is 0. The number of aromatic hydroxyl groups is 1. The molecular weight excluding hydrogens is 317 g/mol. The normalized spacial score (nSPS) is 10.9. The molecule has 0 saturated heterocycles. The topological polar surface area (TPSA) is 123 Å². The fourth-order valence-corrected chi connectivity index (χ4v) is 1.96. The van der Waals surface area contributed by atoms with Crippen LogP contribution in [-0.2, 0) is 10.1 Å². The van der Waals surface area contributed by atoms with Gasteiger partial charge in [0, 0.05) is 0 Å². The average Bonchev–Trinajstić information content (AvgIpc) is 2.46. The Morgan fingerprint density at radius 3 is 2.09 bits per heavy atom. The van der Waals surface area contributed by atoms with E-state index in [-0.39, 0.29) is 45.8 Å². The molecular formula is C13H10N3NaO4S. The second-order valence-electron chi connectivity index (χ2n) is 3.98. The Morgan fingerprint density at radius 1 is 1.00 bits per heavy atom. The van der Waals surface area contributed by atoms with Crippen LogP contribution in [0.2, 0.25) is 0 Å². The summed E-state index contributed by atoms with van der Waals surface area (Å²) in [5.74, 6) is -0.144. The van der Waals surface area contributed by atoms with Crippen molar-refractivity contribution in [3.05, 3.63) is 48.0 Å². The number of hydrogen-bond acceptors (Lipinski definition) is 6. The van der Waals surface area contributed by atoms with E-state index >= 15 is 0 Å². The molecule has 7 nitrogen and oxygen atoms in total. The molecule has 0 aliphatic carbocycles. The number of nitrogens with zero attached hydrogens (tertiary/aromatic N) is 3. The summed E-state index contributed by atoms with van der Waals surface area (Å²) in [6, 6.07) is 11.1. The molecule has 0 spiro atoms. The average molecular weight is 327 g/mol. The molecule has 0 heterocycles. The fraction of sp³-hybridized carbons (Fsp3) is 0. The number of nitriles is 1. The van der Waals surface area contributed by atoms with Gasteiger partial charge in [0.25, 0.3) is 10.1 Å². The van der Waals surface area contributed by atoms with Crippen LogP contribution in [0, 0.1) is 11.3 Å². The first-order valence-corrected chi connectivity index (χ1v) is 7.06. The molecule has 0 unspecified atom stereocenters. The first kappa shape index (κ1) is 18.3. The van der Waals surface area contributed by atoms with Crippen LogP contribution in [0.15, 0.2) is 57.6 Å². The molecule has 2 rings (SSSR count). The Kier molecular flexibility index (Phi) is 6.22. The molecule has 2 aromatic rings. The van der Waals surface area contributed by atoms with Gasteiger partial charge in [0.1, 0.15) is 11.8 Å². The van der Waals surface area contributed by atoms with Crippen LogP contribution in [0.4, 0.5) is 11.4 Å². The zero-order chi connectivity index (χ0) is 15.5. The van der Waals surface area contributed by atoms with Crippen LogP contribution in [0.1, 0.15) is 5.56 Å². The molecule has 0 aromatic heterocycles. The molecule has 9 heteroatoms.